The fourth-order valence-corrected chi connectivity index (χ4v) is 1.74. The molecule has 1 atom stereocenters. The second-order valence-electron chi connectivity index (χ2n) is 3.83. The molecule has 86 valence electrons. The van der Waals surface area contributed by atoms with E-state index >= 15 is 0 Å². The highest BCUT2D eigenvalue weighted by Crippen LogP contribution is 2.18. The van der Waals surface area contributed by atoms with Gasteiger partial charge in [0.2, 0.25) is 5.13 Å². The molecule has 1 rings (SSSR count). The molecule has 0 aliphatic rings. The Morgan fingerprint density at radius 2 is 2.13 bits per heavy atom. The van der Waals surface area contributed by atoms with Crippen molar-refractivity contribution in [2.24, 2.45) is 5.92 Å². The van der Waals surface area contributed by atoms with E-state index in [1.807, 2.05) is 13.8 Å². The predicted octanol–water partition coefficient (Wildman–Crippen LogP) is 2.70. The Labute approximate surface area is 95.2 Å². The first-order valence-electron chi connectivity index (χ1n) is 5.32. The van der Waals surface area contributed by atoms with Crippen LogP contribution in [0.4, 0.5) is 5.13 Å². The molecule has 0 spiro atoms. The quantitative estimate of drug-likeness (QED) is 0.814. The summed E-state index contributed by atoms with van der Waals surface area (Å²) in [4.78, 5) is 4.37. The molecule has 1 unspecified atom stereocenters. The van der Waals surface area contributed by atoms with E-state index < -0.39 is 0 Å². The van der Waals surface area contributed by atoms with Gasteiger partial charge in [-0.1, -0.05) is 13.8 Å². The van der Waals surface area contributed by atoms with Gasteiger partial charge in [-0.15, -0.1) is 0 Å². The van der Waals surface area contributed by atoms with E-state index in [9.17, 15) is 0 Å². The number of hydrogen-bond donors (Lipinski definition) is 1. The molecule has 1 N–H and O–H groups in total. The van der Waals surface area contributed by atoms with E-state index in [1.165, 1.54) is 11.5 Å². The summed E-state index contributed by atoms with van der Waals surface area (Å²) < 4.78 is 9.68. The van der Waals surface area contributed by atoms with E-state index in [4.69, 9.17) is 4.74 Å². The van der Waals surface area contributed by atoms with Gasteiger partial charge in [-0.05, 0) is 19.8 Å². The zero-order chi connectivity index (χ0) is 11.3. The molecule has 0 radical (unpaired) electrons. The molecule has 0 saturated heterocycles. The first-order valence-corrected chi connectivity index (χ1v) is 6.09. The summed E-state index contributed by atoms with van der Waals surface area (Å²) >= 11 is 1.39. The average Bonchev–Trinajstić information content (AvgIpc) is 2.63. The molecule has 0 fully saturated rings. The molecule has 4 nitrogen and oxygen atoms in total. The number of rotatable bonds is 6. The Balaban J connectivity index is 2.48. The van der Waals surface area contributed by atoms with Crippen LogP contribution >= 0.6 is 11.5 Å². The summed E-state index contributed by atoms with van der Waals surface area (Å²) in [5, 5.41) is 4.13. The monoisotopic (exact) mass is 229 g/mol. The Hall–Kier alpha value is -0.680. The fraction of sp³-hybridized carbons (Fsp3) is 0.800. The van der Waals surface area contributed by atoms with Gasteiger partial charge in [-0.3, -0.25) is 0 Å². The maximum atomic E-state index is 5.42. The summed E-state index contributed by atoms with van der Waals surface area (Å²) in [6, 6.07) is 0. The van der Waals surface area contributed by atoms with Crippen LogP contribution < -0.4 is 5.32 Å². The predicted molar refractivity (Wildman–Crippen MR) is 63.3 cm³/mol. The minimum absolute atomic E-state index is 0.0131. The third-order valence-electron chi connectivity index (χ3n) is 1.88. The fourth-order valence-electron chi connectivity index (χ4n) is 1.09. The molecule has 15 heavy (non-hydrogen) atoms. The number of hydrogen-bond acceptors (Lipinski definition) is 5. The van der Waals surface area contributed by atoms with E-state index in [2.05, 4.69) is 28.5 Å². The van der Waals surface area contributed by atoms with Crippen molar-refractivity contribution in [3.8, 4) is 0 Å². The van der Waals surface area contributed by atoms with Crippen LogP contribution in [-0.2, 0) is 4.74 Å². The largest absolute Gasteiger partial charge is 0.371 e. The van der Waals surface area contributed by atoms with Crippen molar-refractivity contribution in [2.75, 3.05) is 18.5 Å². The Morgan fingerprint density at radius 1 is 1.40 bits per heavy atom. The molecule has 1 aromatic rings. The first-order chi connectivity index (χ1) is 7.13. The van der Waals surface area contributed by atoms with Crippen molar-refractivity contribution in [3.63, 3.8) is 0 Å². The van der Waals surface area contributed by atoms with Gasteiger partial charge in [-0.2, -0.15) is 4.37 Å². The van der Waals surface area contributed by atoms with Gasteiger partial charge in [0.1, 0.15) is 6.10 Å². The van der Waals surface area contributed by atoms with Gasteiger partial charge >= 0.3 is 0 Å². The minimum atomic E-state index is -0.0131. The zero-order valence-electron chi connectivity index (χ0n) is 9.78. The summed E-state index contributed by atoms with van der Waals surface area (Å²) in [6.07, 6.45) is -0.0131. The lowest BCUT2D eigenvalue weighted by molar-refractivity contribution is 0.0710. The maximum absolute atomic E-state index is 5.42. The molecule has 0 aliphatic heterocycles. The molecular formula is C10H19N3OS. The molecule has 0 bridgehead atoms. The molecule has 0 amide bonds. The third kappa shape index (κ3) is 4.13. The van der Waals surface area contributed by atoms with Crippen LogP contribution in [0.25, 0.3) is 0 Å². The summed E-state index contributed by atoms with van der Waals surface area (Å²) in [5.41, 5.74) is 0. The summed E-state index contributed by atoms with van der Waals surface area (Å²) in [6.45, 7) is 9.89. The second-order valence-corrected chi connectivity index (χ2v) is 4.58. The van der Waals surface area contributed by atoms with Gasteiger partial charge in [0.15, 0.2) is 5.82 Å². The number of anilines is 1. The van der Waals surface area contributed by atoms with Crippen molar-refractivity contribution in [3.05, 3.63) is 5.82 Å². The Kier molecular flexibility index (Phi) is 4.98. The Morgan fingerprint density at radius 3 is 2.73 bits per heavy atom. The van der Waals surface area contributed by atoms with E-state index in [0.29, 0.717) is 12.5 Å². The topological polar surface area (TPSA) is 47.0 Å². The van der Waals surface area contributed by atoms with Gasteiger partial charge in [-0.25, -0.2) is 4.98 Å². The van der Waals surface area contributed by atoms with Gasteiger partial charge < -0.3 is 10.1 Å². The second kappa shape index (κ2) is 6.02. The van der Waals surface area contributed by atoms with Crippen molar-refractivity contribution in [1.29, 1.82) is 0 Å². The molecule has 5 heteroatoms. The summed E-state index contributed by atoms with van der Waals surface area (Å²) in [5.74, 6) is 1.38. The van der Waals surface area contributed by atoms with Crippen LogP contribution in [0.2, 0.25) is 0 Å². The highest BCUT2D eigenvalue weighted by Gasteiger charge is 2.11. The van der Waals surface area contributed by atoms with Crippen molar-refractivity contribution in [1.82, 2.24) is 9.36 Å². The van der Waals surface area contributed by atoms with Crippen LogP contribution in [0, 0.1) is 5.92 Å². The summed E-state index contributed by atoms with van der Waals surface area (Å²) in [7, 11) is 0. The van der Waals surface area contributed by atoms with Crippen LogP contribution in [-0.4, -0.2) is 22.5 Å². The van der Waals surface area contributed by atoms with Crippen LogP contribution in [0.5, 0.6) is 0 Å². The van der Waals surface area contributed by atoms with Crippen molar-refractivity contribution in [2.45, 2.75) is 33.8 Å². The maximum Gasteiger partial charge on any atom is 0.202 e. The molecule has 0 saturated carbocycles. The minimum Gasteiger partial charge on any atom is -0.371 e. The zero-order valence-corrected chi connectivity index (χ0v) is 10.6. The number of ether oxygens (including phenoxy) is 1. The highest BCUT2D eigenvalue weighted by atomic mass is 32.1. The van der Waals surface area contributed by atoms with E-state index in [0.717, 1.165) is 17.5 Å². The van der Waals surface area contributed by atoms with E-state index in [1.54, 1.807) is 0 Å². The van der Waals surface area contributed by atoms with Gasteiger partial charge in [0.25, 0.3) is 0 Å². The number of nitrogens with zero attached hydrogens (tertiary/aromatic N) is 2. The van der Waals surface area contributed by atoms with Gasteiger partial charge in [0.05, 0.1) is 0 Å². The van der Waals surface area contributed by atoms with Crippen LogP contribution in [0.15, 0.2) is 0 Å². The smallest absolute Gasteiger partial charge is 0.202 e. The molecular weight excluding hydrogens is 210 g/mol. The number of nitrogens with one attached hydrogen (secondary N) is 1. The van der Waals surface area contributed by atoms with Crippen LogP contribution in [0.3, 0.4) is 0 Å². The Bertz CT molecular complexity index is 288. The molecule has 1 aromatic heterocycles. The lowest BCUT2D eigenvalue weighted by atomic mass is 10.2. The van der Waals surface area contributed by atoms with Gasteiger partial charge in [0, 0.05) is 24.7 Å². The lowest BCUT2D eigenvalue weighted by Crippen LogP contribution is -2.08. The molecule has 0 aliphatic carbocycles. The average molecular weight is 229 g/mol. The van der Waals surface area contributed by atoms with E-state index in [-0.39, 0.29) is 6.10 Å². The van der Waals surface area contributed by atoms with Crippen molar-refractivity contribution < 1.29 is 4.74 Å². The molecule has 0 aromatic carbocycles. The lowest BCUT2D eigenvalue weighted by Gasteiger charge is -2.06. The molecule has 1 heterocycles. The highest BCUT2D eigenvalue weighted by molar-refractivity contribution is 7.09. The van der Waals surface area contributed by atoms with Crippen LogP contribution in [0.1, 0.15) is 39.6 Å². The SMILES string of the molecule is CCOC(C)c1nsc(NCC(C)C)n1. The third-order valence-corrected chi connectivity index (χ3v) is 2.57. The first kappa shape index (κ1) is 12.4. The normalized spacial score (nSPS) is 13.1. The number of aromatic nitrogens is 2. The van der Waals surface area contributed by atoms with Crippen molar-refractivity contribution >= 4 is 16.7 Å². The standard InChI is InChI=1S/C10H19N3OS/c1-5-14-8(4)9-12-10(15-13-9)11-6-7(2)3/h7-8H,5-6H2,1-4H3,(H,11,12,13).